The van der Waals surface area contributed by atoms with Gasteiger partial charge in [-0.1, -0.05) is 12.1 Å². The first-order chi connectivity index (χ1) is 15.0. The number of carbonyl (C=O) groups excluding carboxylic acids is 1. The Morgan fingerprint density at radius 3 is 2.06 bits per heavy atom. The molecule has 0 atom stereocenters. The van der Waals surface area contributed by atoms with Crippen molar-refractivity contribution in [3.8, 4) is 20.9 Å². The van der Waals surface area contributed by atoms with Gasteiger partial charge in [0.25, 0.3) is 6.47 Å². The van der Waals surface area contributed by atoms with Gasteiger partial charge in [-0.05, 0) is 43.5 Å². The standard InChI is InChI=1S/C22H20N2O4S3/c1-12-14(3-6-20(26)27)9-18(29-12)16-4-5-17(22-21(16)23-31-24-22)19-10-15(13(2)30-19)7-8-28-11-25/h4-5,9-11H,3,6-8H2,1-2H3,(H,26,27). The van der Waals surface area contributed by atoms with Crippen LogP contribution in [0.5, 0.6) is 0 Å². The molecule has 31 heavy (non-hydrogen) atoms. The fourth-order valence-corrected chi connectivity index (χ4v) is 6.29. The quantitative estimate of drug-likeness (QED) is 0.256. The van der Waals surface area contributed by atoms with Crippen molar-refractivity contribution in [1.29, 1.82) is 0 Å². The van der Waals surface area contributed by atoms with Gasteiger partial charge in [-0.3, -0.25) is 9.59 Å². The van der Waals surface area contributed by atoms with Crippen LogP contribution in [0.4, 0.5) is 0 Å². The summed E-state index contributed by atoms with van der Waals surface area (Å²) < 4.78 is 14.0. The number of ether oxygens (including phenoxy) is 1. The molecule has 0 radical (unpaired) electrons. The van der Waals surface area contributed by atoms with Crippen molar-refractivity contribution in [3.05, 3.63) is 45.1 Å². The molecule has 4 rings (SSSR count). The van der Waals surface area contributed by atoms with Crippen LogP contribution >= 0.6 is 34.4 Å². The minimum atomic E-state index is -0.786. The average Bonchev–Trinajstić information content (AvgIpc) is 3.45. The third-order valence-electron chi connectivity index (χ3n) is 5.15. The van der Waals surface area contributed by atoms with E-state index in [1.54, 1.807) is 22.7 Å². The van der Waals surface area contributed by atoms with E-state index in [9.17, 15) is 9.59 Å². The monoisotopic (exact) mass is 472 g/mol. The smallest absolute Gasteiger partial charge is 0.303 e. The largest absolute Gasteiger partial charge is 0.481 e. The van der Waals surface area contributed by atoms with Gasteiger partial charge in [-0.25, -0.2) is 0 Å². The SMILES string of the molecule is Cc1sc(-c2ccc(-c3cc(CCC(=O)O)c(C)s3)c3nsnc23)cc1CCOC=O. The van der Waals surface area contributed by atoms with E-state index in [0.717, 1.165) is 42.4 Å². The van der Waals surface area contributed by atoms with Crippen molar-refractivity contribution >= 4 is 57.9 Å². The number of hydrogen-bond donors (Lipinski definition) is 1. The molecule has 3 heterocycles. The molecule has 0 unspecified atom stereocenters. The van der Waals surface area contributed by atoms with Gasteiger partial charge < -0.3 is 9.84 Å². The number of rotatable bonds is 9. The second-order valence-electron chi connectivity index (χ2n) is 7.12. The molecule has 0 spiro atoms. The lowest BCUT2D eigenvalue weighted by molar-refractivity contribution is -0.137. The molecular weight excluding hydrogens is 452 g/mol. The topological polar surface area (TPSA) is 89.4 Å². The van der Waals surface area contributed by atoms with Gasteiger partial charge in [0.15, 0.2) is 0 Å². The molecule has 0 aliphatic heterocycles. The number of carbonyl (C=O) groups is 2. The van der Waals surface area contributed by atoms with Gasteiger partial charge in [-0.15, -0.1) is 22.7 Å². The molecule has 9 heteroatoms. The minimum Gasteiger partial charge on any atom is -0.481 e. The van der Waals surface area contributed by atoms with Gasteiger partial charge >= 0.3 is 5.97 Å². The molecule has 0 aliphatic carbocycles. The third-order valence-corrected chi connectivity index (χ3v) is 7.93. The molecule has 4 aromatic rings. The van der Waals surface area contributed by atoms with Crippen LogP contribution in [0.1, 0.15) is 27.3 Å². The third kappa shape index (κ3) is 4.53. The van der Waals surface area contributed by atoms with Crippen LogP contribution < -0.4 is 0 Å². The number of nitrogens with zero attached hydrogens (tertiary/aromatic N) is 2. The Bertz CT molecular complexity index is 1260. The number of hydrogen-bond acceptors (Lipinski definition) is 8. The maximum absolute atomic E-state index is 10.9. The lowest BCUT2D eigenvalue weighted by atomic mass is 10.0. The molecule has 0 saturated heterocycles. The number of aryl methyl sites for hydroxylation is 3. The molecular formula is C22H20N2O4S3. The molecule has 0 fully saturated rings. The van der Waals surface area contributed by atoms with Crippen molar-refractivity contribution in [3.63, 3.8) is 0 Å². The lowest BCUT2D eigenvalue weighted by Gasteiger charge is -2.03. The summed E-state index contributed by atoms with van der Waals surface area (Å²) in [4.78, 5) is 25.9. The molecule has 1 aromatic carbocycles. The number of aliphatic carboxylic acids is 1. The van der Waals surface area contributed by atoms with Crippen LogP contribution in [0.2, 0.25) is 0 Å². The van der Waals surface area contributed by atoms with E-state index in [0.29, 0.717) is 25.9 Å². The second-order valence-corrected chi connectivity index (χ2v) is 10.2. The summed E-state index contributed by atoms with van der Waals surface area (Å²) >= 11 is 4.56. The van der Waals surface area contributed by atoms with E-state index in [1.165, 1.54) is 22.2 Å². The highest BCUT2D eigenvalue weighted by molar-refractivity contribution is 7.16. The highest BCUT2D eigenvalue weighted by Gasteiger charge is 2.18. The van der Waals surface area contributed by atoms with Crippen molar-refractivity contribution in [2.75, 3.05) is 6.61 Å². The van der Waals surface area contributed by atoms with Crippen molar-refractivity contribution < 1.29 is 19.4 Å². The summed E-state index contributed by atoms with van der Waals surface area (Å²) in [5.41, 5.74) is 6.04. The summed E-state index contributed by atoms with van der Waals surface area (Å²) in [5, 5.41) is 8.99. The summed E-state index contributed by atoms with van der Waals surface area (Å²) in [6, 6.07) is 8.38. The molecule has 0 aliphatic rings. The zero-order chi connectivity index (χ0) is 22.0. The van der Waals surface area contributed by atoms with E-state index in [2.05, 4.69) is 39.9 Å². The summed E-state index contributed by atoms with van der Waals surface area (Å²) in [7, 11) is 0. The highest BCUT2D eigenvalue weighted by atomic mass is 32.1. The number of aromatic nitrogens is 2. The Morgan fingerprint density at radius 2 is 1.55 bits per heavy atom. The summed E-state index contributed by atoms with van der Waals surface area (Å²) in [6.07, 6.45) is 1.34. The van der Waals surface area contributed by atoms with E-state index in [1.807, 2.05) is 6.92 Å². The molecule has 6 nitrogen and oxygen atoms in total. The minimum absolute atomic E-state index is 0.127. The first kappa shape index (κ1) is 21.6. The molecule has 0 bridgehead atoms. The Hall–Kier alpha value is -2.62. The van der Waals surface area contributed by atoms with E-state index >= 15 is 0 Å². The zero-order valence-corrected chi connectivity index (χ0v) is 19.5. The fourth-order valence-electron chi connectivity index (χ4n) is 3.52. The van der Waals surface area contributed by atoms with E-state index in [4.69, 9.17) is 9.84 Å². The number of thiophene rings is 2. The number of benzene rings is 1. The van der Waals surface area contributed by atoms with Gasteiger partial charge in [0, 0.05) is 43.5 Å². The van der Waals surface area contributed by atoms with Crippen LogP contribution in [-0.4, -0.2) is 32.9 Å². The summed E-state index contributed by atoms with van der Waals surface area (Å²) in [5.74, 6) is -0.786. The van der Waals surface area contributed by atoms with Crippen LogP contribution in [-0.2, 0) is 27.2 Å². The predicted octanol–water partition coefficient (Wildman–Crippen LogP) is 5.50. The average molecular weight is 473 g/mol. The number of carboxylic acids is 1. The Balaban J connectivity index is 1.69. The maximum Gasteiger partial charge on any atom is 0.303 e. The van der Waals surface area contributed by atoms with Gasteiger partial charge in [-0.2, -0.15) is 8.75 Å². The molecule has 3 aromatic heterocycles. The van der Waals surface area contributed by atoms with Gasteiger partial charge in [0.2, 0.25) is 0 Å². The van der Waals surface area contributed by atoms with Gasteiger partial charge in [0.05, 0.1) is 18.3 Å². The predicted molar refractivity (Wildman–Crippen MR) is 125 cm³/mol. The van der Waals surface area contributed by atoms with Gasteiger partial charge in [0.1, 0.15) is 11.0 Å². The molecule has 1 N–H and O–H groups in total. The Labute approximate surface area is 191 Å². The van der Waals surface area contributed by atoms with Crippen LogP contribution in [0.25, 0.3) is 31.9 Å². The van der Waals surface area contributed by atoms with Crippen LogP contribution in [0.3, 0.4) is 0 Å². The highest BCUT2D eigenvalue weighted by Crippen LogP contribution is 2.41. The molecule has 0 saturated carbocycles. The normalized spacial score (nSPS) is 11.2. The molecule has 160 valence electrons. The first-order valence-electron chi connectivity index (χ1n) is 9.69. The lowest BCUT2D eigenvalue weighted by Crippen LogP contribution is -1.97. The van der Waals surface area contributed by atoms with Crippen molar-refractivity contribution in [2.24, 2.45) is 0 Å². The Kier molecular flexibility index (Phi) is 6.45. The van der Waals surface area contributed by atoms with Crippen LogP contribution in [0.15, 0.2) is 24.3 Å². The number of fused-ring (bicyclic) bond motifs is 1. The van der Waals surface area contributed by atoms with Crippen LogP contribution in [0, 0.1) is 13.8 Å². The van der Waals surface area contributed by atoms with Crippen molar-refractivity contribution in [2.45, 2.75) is 33.1 Å². The Morgan fingerprint density at radius 1 is 1.00 bits per heavy atom. The second kappa shape index (κ2) is 9.25. The van der Waals surface area contributed by atoms with E-state index < -0.39 is 5.97 Å². The van der Waals surface area contributed by atoms with E-state index in [-0.39, 0.29) is 6.42 Å². The summed E-state index contributed by atoms with van der Waals surface area (Å²) in [6.45, 7) is 4.95. The maximum atomic E-state index is 10.9. The molecule has 0 amide bonds. The zero-order valence-electron chi connectivity index (χ0n) is 17.0. The van der Waals surface area contributed by atoms with Crippen molar-refractivity contribution in [1.82, 2.24) is 8.75 Å². The first-order valence-corrected chi connectivity index (χ1v) is 12.1. The fraction of sp³-hybridized carbons (Fsp3) is 0.273. The number of carboxylic acid groups (broad SMARTS) is 1.